The van der Waals surface area contributed by atoms with Crippen molar-refractivity contribution in [3.05, 3.63) is 0 Å². The molecule has 0 bridgehead atoms. The van der Waals surface area contributed by atoms with Crippen LogP contribution in [-0.4, -0.2) is 9.13 Å². The van der Waals surface area contributed by atoms with Gasteiger partial charge >= 0.3 is 0 Å². The minimum Gasteiger partial charge on any atom is -0.314 e. The van der Waals surface area contributed by atoms with E-state index < -0.39 is 9.13 Å². The Bertz CT molecular complexity index is 73.3. The van der Waals surface area contributed by atoms with Crippen LogP contribution in [0.25, 0.3) is 0 Å². The van der Waals surface area contributed by atoms with Crippen molar-refractivity contribution in [2.24, 2.45) is 0 Å². The molecule has 55 valence electrons. The van der Waals surface area contributed by atoms with Gasteiger partial charge in [0.05, 0.1) is 0 Å². The predicted octanol–water partition coefficient (Wildman–Crippen LogP) is 3.16. The second-order valence-corrected chi connectivity index (χ2v) is 5.76. The summed E-state index contributed by atoms with van der Waals surface area (Å²) in [6.07, 6.45) is 0.989. The molecule has 1 atom stereocenters. The van der Waals surface area contributed by atoms with Gasteiger partial charge in [-0.2, -0.15) is 0 Å². The van der Waals surface area contributed by atoms with Crippen LogP contribution in [0.5, 0.6) is 0 Å². The molecule has 0 aromatic heterocycles. The van der Waals surface area contributed by atoms with E-state index in [2.05, 4.69) is 6.92 Å². The summed E-state index contributed by atoms with van der Waals surface area (Å²) in [6.45, 7) is 8.01. The molecule has 0 saturated heterocycles. The molecule has 2 heteroatoms. The molecule has 1 unspecified atom stereocenters. The monoisotopic (exact) mass is 147 g/mol. The lowest BCUT2D eigenvalue weighted by atomic mass is 10.4. The Morgan fingerprint density at radius 3 is 1.89 bits per heavy atom. The quantitative estimate of drug-likeness (QED) is 0.425. The topological polar surface area (TPSA) is 0 Å². The molecular formula is C7H16FSi. The Morgan fingerprint density at radius 2 is 1.78 bits per heavy atom. The second kappa shape index (κ2) is 4.04. The maximum atomic E-state index is 13.0. The van der Waals surface area contributed by atoms with Crippen LogP contribution in [0.2, 0.25) is 11.1 Å². The summed E-state index contributed by atoms with van der Waals surface area (Å²) < 4.78 is 13.0. The molecule has 9 heavy (non-hydrogen) atoms. The Labute approximate surface area is 59.2 Å². The average Bonchev–Trinajstić information content (AvgIpc) is 1.84. The van der Waals surface area contributed by atoms with Crippen molar-refractivity contribution >= 4 is 9.13 Å². The minimum absolute atomic E-state index is 0.282. The summed E-state index contributed by atoms with van der Waals surface area (Å²) in [4.78, 5) is 0. The van der Waals surface area contributed by atoms with Gasteiger partial charge in [0.1, 0.15) is 0 Å². The van der Waals surface area contributed by atoms with E-state index in [-0.39, 0.29) is 5.54 Å². The van der Waals surface area contributed by atoms with Crippen molar-refractivity contribution in [1.82, 2.24) is 0 Å². The van der Waals surface area contributed by atoms with Crippen molar-refractivity contribution in [1.29, 1.82) is 0 Å². The maximum absolute atomic E-state index is 13.0. The summed E-state index contributed by atoms with van der Waals surface area (Å²) >= 11 is 0. The SMILES string of the molecule is CCC(C)[Si](F)C(C)C. The molecule has 0 N–H and O–H groups in total. The van der Waals surface area contributed by atoms with Crippen LogP contribution in [-0.2, 0) is 0 Å². The predicted molar refractivity (Wildman–Crippen MR) is 41.7 cm³/mol. The first-order chi connectivity index (χ1) is 4.09. The summed E-state index contributed by atoms with van der Waals surface area (Å²) in [7, 11) is -1.54. The Morgan fingerprint density at radius 1 is 1.33 bits per heavy atom. The van der Waals surface area contributed by atoms with E-state index in [4.69, 9.17) is 0 Å². The highest BCUT2D eigenvalue weighted by atomic mass is 28.3. The number of rotatable bonds is 3. The molecule has 0 aliphatic carbocycles. The van der Waals surface area contributed by atoms with Crippen molar-refractivity contribution in [2.45, 2.75) is 45.2 Å². The lowest BCUT2D eigenvalue weighted by Crippen LogP contribution is -2.15. The standard InChI is InChI=1S/C7H16FSi/c1-5-7(4)9(8)6(2)3/h6-7H,5H2,1-4H3. The molecule has 0 rings (SSSR count). The van der Waals surface area contributed by atoms with Gasteiger partial charge in [0.15, 0.2) is 0 Å². The largest absolute Gasteiger partial charge is 0.314 e. The molecule has 0 heterocycles. The van der Waals surface area contributed by atoms with E-state index in [1.807, 2.05) is 20.8 Å². The lowest BCUT2D eigenvalue weighted by Gasteiger charge is -2.13. The van der Waals surface area contributed by atoms with Crippen molar-refractivity contribution in [2.75, 3.05) is 0 Å². The van der Waals surface area contributed by atoms with Gasteiger partial charge < -0.3 is 4.11 Å². The molecule has 0 spiro atoms. The van der Waals surface area contributed by atoms with E-state index in [1.54, 1.807) is 0 Å². The molecule has 0 aromatic rings. The summed E-state index contributed by atoms with van der Waals surface area (Å²) in [5.41, 5.74) is 0.611. The van der Waals surface area contributed by atoms with Gasteiger partial charge in [-0.05, 0) is 11.1 Å². The first kappa shape index (κ1) is 9.15. The van der Waals surface area contributed by atoms with E-state index in [1.165, 1.54) is 0 Å². The Kier molecular flexibility index (Phi) is 4.11. The number of halogens is 1. The highest BCUT2D eigenvalue weighted by molar-refractivity contribution is 6.54. The van der Waals surface area contributed by atoms with E-state index in [0.717, 1.165) is 6.42 Å². The van der Waals surface area contributed by atoms with Crippen LogP contribution in [0.4, 0.5) is 4.11 Å². The van der Waals surface area contributed by atoms with Crippen LogP contribution in [0, 0.1) is 0 Å². The molecule has 1 radical (unpaired) electrons. The van der Waals surface area contributed by atoms with Gasteiger partial charge in [0, 0.05) is 0 Å². The van der Waals surface area contributed by atoms with Gasteiger partial charge in [-0.25, -0.2) is 0 Å². The summed E-state index contributed by atoms with van der Waals surface area (Å²) in [5, 5.41) is 0. The van der Waals surface area contributed by atoms with Gasteiger partial charge in [-0.3, -0.25) is 0 Å². The zero-order chi connectivity index (χ0) is 7.44. The number of hydrogen-bond acceptors (Lipinski definition) is 0. The molecule has 0 saturated carbocycles. The fourth-order valence-corrected chi connectivity index (χ4v) is 2.29. The highest BCUT2D eigenvalue weighted by Gasteiger charge is 2.22. The summed E-state index contributed by atoms with van der Waals surface area (Å²) in [5.74, 6) is 0. The highest BCUT2D eigenvalue weighted by Crippen LogP contribution is 2.23. The third-order valence-electron chi connectivity index (χ3n) is 1.63. The van der Waals surface area contributed by atoms with Crippen molar-refractivity contribution < 1.29 is 4.11 Å². The van der Waals surface area contributed by atoms with Crippen molar-refractivity contribution in [3.63, 3.8) is 0 Å². The first-order valence-electron chi connectivity index (χ1n) is 3.61. The van der Waals surface area contributed by atoms with E-state index in [0.29, 0.717) is 5.54 Å². The molecule has 0 aromatic carbocycles. The van der Waals surface area contributed by atoms with Crippen LogP contribution in [0.15, 0.2) is 0 Å². The average molecular weight is 147 g/mol. The number of hydrogen-bond donors (Lipinski definition) is 0. The lowest BCUT2D eigenvalue weighted by molar-refractivity contribution is 0.694. The molecule has 0 aliphatic heterocycles. The minimum atomic E-state index is -1.54. The summed E-state index contributed by atoms with van der Waals surface area (Å²) in [6, 6.07) is 0. The Balaban J connectivity index is 3.58. The van der Waals surface area contributed by atoms with Gasteiger partial charge in [0.25, 0.3) is 9.13 Å². The molecule has 0 nitrogen and oxygen atoms in total. The molecule has 0 aliphatic rings. The van der Waals surface area contributed by atoms with Gasteiger partial charge in [-0.15, -0.1) is 0 Å². The van der Waals surface area contributed by atoms with Gasteiger partial charge in [-0.1, -0.05) is 34.1 Å². The zero-order valence-electron chi connectivity index (χ0n) is 6.74. The Hall–Kier alpha value is 0.147. The second-order valence-electron chi connectivity index (χ2n) is 2.85. The molecule has 0 fully saturated rings. The van der Waals surface area contributed by atoms with Gasteiger partial charge in [0.2, 0.25) is 0 Å². The smallest absolute Gasteiger partial charge is 0.276 e. The normalized spacial score (nSPS) is 15.0. The third kappa shape index (κ3) is 2.99. The molecular weight excluding hydrogens is 131 g/mol. The maximum Gasteiger partial charge on any atom is 0.276 e. The third-order valence-corrected chi connectivity index (χ3v) is 4.09. The zero-order valence-corrected chi connectivity index (χ0v) is 7.74. The van der Waals surface area contributed by atoms with Crippen LogP contribution < -0.4 is 0 Å². The van der Waals surface area contributed by atoms with Crippen molar-refractivity contribution in [3.8, 4) is 0 Å². The van der Waals surface area contributed by atoms with E-state index >= 15 is 0 Å². The molecule has 0 amide bonds. The van der Waals surface area contributed by atoms with E-state index in [9.17, 15) is 4.11 Å². The first-order valence-corrected chi connectivity index (χ1v) is 5.15. The van der Waals surface area contributed by atoms with Crippen LogP contribution >= 0.6 is 0 Å². The fraction of sp³-hybridized carbons (Fsp3) is 1.00. The fourth-order valence-electron chi connectivity index (χ4n) is 0.764. The van der Waals surface area contributed by atoms with Crippen LogP contribution in [0.3, 0.4) is 0 Å². The van der Waals surface area contributed by atoms with Crippen LogP contribution in [0.1, 0.15) is 34.1 Å².